The Kier molecular flexibility index (Phi) is 3.42. The van der Waals surface area contributed by atoms with Crippen LogP contribution >= 0.6 is 0 Å². The first-order valence-corrected chi connectivity index (χ1v) is 4.34. The fourth-order valence-corrected chi connectivity index (χ4v) is 0.798. The van der Waals surface area contributed by atoms with Crippen molar-refractivity contribution in [1.29, 1.82) is 0 Å². The Balaban J connectivity index is 4.49. The van der Waals surface area contributed by atoms with E-state index in [1.54, 1.807) is 0 Å². The monoisotopic (exact) mass is 192 g/mol. The van der Waals surface area contributed by atoms with Crippen LogP contribution in [-0.2, 0) is 9.84 Å². The third kappa shape index (κ3) is 2.35. The first-order chi connectivity index (χ1) is 5.42. The maximum Gasteiger partial charge on any atom is 0.346 e. The number of nitrogens with one attached hydrogen (secondary N) is 1. The van der Waals surface area contributed by atoms with Gasteiger partial charge in [-0.15, -0.1) is 6.58 Å². The molecule has 0 aliphatic rings. The van der Waals surface area contributed by atoms with E-state index in [1.807, 2.05) is 5.32 Å². The topological polar surface area (TPSA) is 106 Å². The molecule has 0 aliphatic heterocycles. The van der Waals surface area contributed by atoms with Gasteiger partial charge < -0.3 is 11.1 Å². The van der Waals surface area contributed by atoms with Crippen molar-refractivity contribution >= 4 is 20.3 Å². The maximum absolute atomic E-state index is 10.6. The first kappa shape index (κ1) is 10.6. The van der Waals surface area contributed by atoms with Gasteiger partial charge in [0.25, 0.3) is 0 Å². The van der Waals surface area contributed by atoms with Crippen LogP contribution in [-0.4, -0.2) is 25.4 Å². The minimum Gasteiger partial charge on any atom is -0.356 e. The van der Waals surface area contributed by atoms with E-state index < -0.39 is 20.3 Å². The van der Waals surface area contributed by atoms with Crippen LogP contribution in [0, 0.1) is 0 Å². The quantitative estimate of drug-likeness (QED) is 0.568. The third-order valence-electron chi connectivity index (χ3n) is 0.900. The molecule has 0 aromatic carbocycles. The van der Waals surface area contributed by atoms with Crippen LogP contribution in [0.4, 0.5) is 9.59 Å². The molecule has 0 saturated heterocycles. The predicted molar refractivity (Wildman–Crippen MR) is 42.1 cm³/mol. The summed E-state index contributed by atoms with van der Waals surface area (Å²) in [7, 11) is -4.51. The molecule has 0 unspecified atom stereocenters. The summed E-state index contributed by atoms with van der Waals surface area (Å²) < 4.78 is 21.2. The van der Waals surface area contributed by atoms with E-state index in [2.05, 4.69) is 12.3 Å². The van der Waals surface area contributed by atoms with Gasteiger partial charge in [-0.3, -0.25) is 9.59 Å². The van der Waals surface area contributed by atoms with Crippen molar-refractivity contribution in [3.63, 3.8) is 0 Å². The summed E-state index contributed by atoms with van der Waals surface area (Å²) >= 11 is 0. The summed E-state index contributed by atoms with van der Waals surface area (Å²) in [6.45, 7) is 3.20. The molecule has 0 saturated carbocycles. The van der Waals surface area contributed by atoms with E-state index in [-0.39, 0.29) is 6.54 Å². The van der Waals surface area contributed by atoms with Gasteiger partial charge in [-0.2, -0.15) is 0 Å². The number of carbonyl (C=O) groups excluding carboxylic acids is 2. The standard InChI is InChI=1S/C5H8N2O4S/c1-2-3-7-5(9)12(10,11)4(6)8/h2H,1,3H2,(H2,6,8)(H,7,9). The van der Waals surface area contributed by atoms with Gasteiger partial charge in [0.1, 0.15) is 0 Å². The molecule has 0 radical (unpaired) electrons. The molecule has 12 heavy (non-hydrogen) atoms. The molecule has 7 heteroatoms. The van der Waals surface area contributed by atoms with E-state index in [1.165, 1.54) is 6.08 Å². The number of nitrogens with two attached hydrogens (primary N) is 1. The second-order valence-corrected chi connectivity index (χ2v) is 3.56. The smallest absolute Gasteiger partial charge is 0.346 e. The number of hydrogen-bond donors (Lipinski definition) is 2. The van der Waals surface area contributed by atoms with E-state index >= 15 is 0 Å². The zero-order valence-corrected chi connectivity index (χ0v) is 6.93. The number of rotatable bonds is 2. The molecular weight excluding hydrogens is 184 g/mol. The SMILES string of the molecule is C=CCNC(=O)S(=O)(=O)C(N)=O. The van der Waals surface area contributed by atoms with Crippen LogP contribution in [0.25, 0.3) is 0 Å². The average Bonchev–Trinajstić information content (AvgIpc) is 1.99. The van der Waals surface area contributed by atoms with E-state index in [0.717, 1.165) is 0 Å². The van der Waals surface area contributed by atoms with Crippen LogP contribution in [0.5, 0.6) is 0 Å². The van der Waals surface area contributed by atoms with Gasteiger partial charge in [0.15, 0.2) is 0 Å². The highest BCUT2D eigenvalue weighted by molar-refractivity contribution is 8.18. The van der Waals surface area contributed by atoms with Crippen LogP contribution in [0.3, 0.4) is 0 Å². The van der Waals surface area contributed by atoms with Crippen LogP contribution in [0.1, 0.15) is 0 Å². The maximum atomic E-state index is 10.6. The van der Waals surface area contributed by atoms with Gasteiger partial charge in [0.05, 0.1) is 0 Å². The molecular formula is C5H8N2O4S. The molecule has 6 nitrogen and oxygen atoms in total. The van der Waals surface area contributed by atoms with Gasteiger partial charge in [-0.05, 0) is 0 Å². The minimum absolute atomic E-state index is 0.0364. The third-order valence-corrected chi connectivity index (χ3v) is 2.06. The van der Waals surface area contributed by atoms with Crippen molar-refractivity contribution < 1.29 is 18.0 Å². The van der Waals surface area contributed by atoms with Gasteiger partial charge >= 0.3 is 20.3 Å². The lowest BCUT2D eigenvalue weighted by atomic mass is 10.6. The summed E-state index contributed by atoms with van der Waals surface area (Å²) in [5, 5.41) is -1.16. The summed E-state index contributed by atoms with van der Waals surface area (Å²) in [6, 6.07) is 0. The predicted octanol–water partition coefficient (Wildman–Crippen LogP) is -0.624. The molecule has 0 aliphatic carbocycles. The second-order valence-electron chi connectivity index (χ2n) is 1.78. The fraction of sp³-hybridized carbons (Fsp3) is 0.200. The Morgan fingerprint density at radius 1 is 1.50 bits per heavy atom. The first-order valence-electron chi connectivity index (χ1n) is 2.86. The lowest BCUT2D eigenvalue weighted by molar-refractivity contribution is 0.256. The zero-order valence-electron chi connectivity index (χ0n) is 6.11. The van der Waals surface area contributed by atoms with Crippen LogP contribution in [0.15, 0.2) is 12.7 Å². The highest BCUT2D eigenvalue weighted by Crippen LogP contribution is 1.90. The van der Waals surface area contributed by atoms with Crippen molar-refractivity contribution in [3.8, 4) is 0 Å². The molecule has 0 bridgehead atoms. The molecule has 68 valence electrons. The minimum atomic E-state index is -4.51. The van der Waals surface area contributed by atoms with Crippen molar-refractivity contribution in [2.45, 2.75) is 0 Å². The van der Waals surface area contributed by atoms with Crippen molar-refractivity contribution in [2.24, 2.45) is 5.73 Å². The normalized spacial score (nSPS) is 10.3. The average molecular weight is 192 g/mol. The Morgan fingerprint density at radius 2 is 2.00 bits per heavy atom. The molecule has 0 fully saturated rings. The lowest BCUT2D eigenvalue weighted by Crippen LogP contribution is -2.36. The number of carbonyl (C=O) groups is 2. The largest absolute Gasteiger partial charge is 0.356 e. The molecule has 0 aromatic heterocycles. The Hall–Kier alpha value is -1.37. The Labute approximate surface area is 69.3 Å². The second kappa shape index (κ2) is 3.86. The fourth-order valence-electron chi connectivity index (χ4n) is 0.342. The van der Waals surface area contributed by atoms with Gasteiger partial charge in [-0.1, -0.05) is 6.08 Å². The van der Waals surface area contributed by atoms with Crippen molar-refractivity contribution in [1.82, 2.24) is 5.32 Å². The Bertz CT molecular complexity index is 305. The van der Waals surface area contributed by atoms with Crippen molar-refractivity contribution in [3.05, 3.63) is 12.7 Å². The molecule has 2 amide bonds. The molecule has 0 rings (SSSR count). The van der Waals surface area contributed by atoms with E-state index in [4.69, 9.17) is 0 Å². The van der Waals surface area contributed by atoms with Crippen molar-refractivity contribution in [2.75, 3.05) is 6.54 Å². The van der Waals surface area contributed by atoms with Gasteiger partial charge in [0, 0.05) is 6.54 Å². The molecule has 0 heterocycles. The lowest BCUT2D eigenvalue weighted by Gasteiger charge is -1.98. The summed E-state index contributed by atoms with van der Waals surface area (Å²) in [4.78, 5) is 20.8. The zero-order chi connectivity index (χ0) is 9.78. The highest BCUT2D eigenvalue weighted by atomic mass is 32.2. The Morgan fingerprint density at radius 3 is 2.33 bits per heavy atom. The summed E-state index contributed by atoms with van der Waals surface area (Å²) in [6.07, 6.45) is 1.27. The number of sulfone groups is 1. The summed E-state index contributed by atoms with van der Waals surface area (Å²) in [5.74, 6) is 0. The summed E-state index contributed by atoms with van der Waals surface area (Å²) in [5.41, 5.74) is 4.43. The highest BCUT2D eigenvalue weighted by Gasteiger charge is 2.27. The van der Waals surface area contributed by atoms with E-state index in [9.17, 15) is 18.0 Å². The molecule has 0 aromatic rings. The number of primary amides is 1. The van der Waals surface area contributed by atoms with E-state index in [0.29, 0.717) is 0 Å². The van der Waals surface area contributed by atoms with Gasteiger partial charge in [0.2, 0.25) is 0 Å². The number of hydrogen-bond acceptors (Lipinski definition) is 4. The number of amides is 2. The van der Waals surface area contributed by atoms with Gasteiger partial charge in [-0.25, -0.2) is 8.42 Å². The molecule has 0 atom stereocenters. The van der Waals surface area contributed by atoms with Crippen LogP contribution < -0.4 is 11.1 Å². The molecule has 3 N–H and O–H groups in total. The molecule has 0 spiro atoms. The van der Waals surface area contributed by atoms with Crippen LogP contribution in [0.2, 0.25) is 0 Å².